The maximum atomic E-state index is 14.2. The highest BCUT2D eigenvalue weighted by molar-refractivity contribution is 7.98. The third kappa shape index (κ3) is 8.58. The number of ether oxygens (including phenoxy) is 1. The number of hydrogen-bond acceptors (Lipinski definition) is 6. The van der Waals surface area contributed by atoms with Crippen LogP contribution in [0.4, 0.5) is 17.6 Å². The van der Waals surface area contributed by atoms with Crippen LogP contribution in [0.5, 0.6) is 0 Å². The molecule has 6 nitrogen and oxygen atoms in total. The fourth-order valence-electron chi connectivity index (χ4n) is 5.59. The molecule has 2 aromatic carbocycles. The topological polar surface area (TPSA) is 75.7 Å². The fraction of sp³-hybridized carbons (Fsp3) is 0.581. The molecule has 2 unspecified atom stereocenters. The predicted octanol–water partition coefficient (Wildman–Crippen LogP) is 6.84. The standard InChI is InChI=1S/C31H41BF4N2O4S2/c1-32(2)18-21-38-19-16-30(17-20-38,29(39)37-43-28-5-3-4-22-42-28)44(40,41)26-13-11-25(12-14-26)24-9-6-23(7-10-24)8-15-27(33)31(34,35)36/h6-7,9-14,27-28H,3-5,8,15-22H2,1-2H3,(H,37,39). The summed E-state index contributed by atoms with van der Waals surface area (Å²) in [4.78, 5) is 16.0. The molecule has 2 fully saturated rings. The van der Waals surface area contributed by atoms with Crippen molar-refractivity contribution in [2.45, 2.75) is 92.3 Å². The molecule has 0 saturated carbocycles. The Labute approximate surface area is 262 Å². The summed E-state index contributed by atoms with van der Waals surface area (Å²) >= 11 is 1.15. The zero-order chi connectivity index (χ0) is 32.0. The van der Waals surface area contributed by atoms with E-state index in [1.807, 2.05) is 0 Å². The minimum absolute atomic E-state index is 0.0532. The normalized spacial score (nSPS) is 20.2. The van der Waals surface area contributed by atoms with Gasteiger partial charge in [-0.1, -0.05) is 56.4 Å². The van der Waals surface area contributed by atoms with Crippen LogP contribution < -0.4 is 4.72 Å². The van der Waals surface area contributed by atoms with E-state index in [0.717, 1.165) is 49.6 Å². The summed E-state index contributed by atoms with van der Waals surface area (Å²) in [6.45, 7) is 7.28. The number of likely N-dealkylation sites (tertiary alicyclic amines) is 1. The summed E-state index contributed by atoms with van der Waals surface area (Å²) in [5.41, 5.74) is 1.82. The van der Waals surface area contributed by atoms with E-state index in [0.29, 0.717) is 37.5 Å². The summed E-state index contributed by atoms with van der Waals surface area (Å²) < 4.78 is 86.2. The van der Waals surface area contributed by atoms with E-state index < -0.39 is 39.3 Å². The van der Waals surface area contributed by atoms with Crippen molar-refractivity contribution in [3.05, 3.63) is 54.1 Å². The van der Waals surface area contributed by atoms with Gasteiger partial charge in [0.15, 0.2) is 20.8 Å². The highest BCUT2D eigenvalue weighted by atomic mass is 32.2. The minimum Gasteiger partial charge on any atom is -0.366 e. The van der Waals surface area contributed by atoms with Crippen LogP contribution in [-0.2, 0) is 25.8 Å². The molecule has 2 aliphatic rings. The van der Waals surface area contributed by atoms with Gasteiger partial charge >= 0.3 is 6.18 Å². The average Bonchev–Trinajstić information content (AvgIpc) is 3.02. The highest BCUT2D eigenvalue weighted by Gasteiger charge is 2.53. The maximum absolute atomic E-state index is 14.2. The first-order valence-corrected chi connectivity index (χ1v) is 17.6. The summed E-state index contributed by atoms with van der Waals surface area (Å²) in [5, 5.41) is 0. The van der Waals surface area contributed by atoms with E-state index in [2.05, 4.69) is 23.3 Å². The van der Waals surface area contributed by atoms with E-state index in [1.54, 1.807) is 36.4 Å². The molecular formula is C31H41BF4N2O4S2. The van der Waals surface area contributed by atoms with Crippen LogP contribution in [0.25, 0.3) is 11.1 Å². The van der Waals surface area contributed by atoms with Crippen molar-refractivity contribution >= 4 is 34.4 Å². The van der Waals surface area contributed by atoms with E-state index in [1.165, 1.54) is 12.1 Å². The Morgan fingerprint density at radius 3 is 2.23 bits per heavy atom. The summed E-state index contributed by atoms with van der Waals surface area (Å²) in [5.74, 6) is -0.513. The number of nitrogens with zero attached hydrogens (tertiary/aromatic N) is 1. The first-order valence-electron chi connectivity index (χ1n) is 15.3. The molecule has 2 saturated heterocycles. The number of carbonyl (C=O) groups excluding carboxylic acids is 1. The summed E-state index contributed by atoms with van der Waals surface area (Å²) in [6, 6.07) is 13.1. The molecule has 0 radical (unpaired) electrons. The maximum Gasteiger partial charge on any atom is 0.419 e. The van der Waals surface area contributed by atoms with Crippen LogP contribution in [0.3, 0.4) is 0 Å². The Morgan fingerprint density at radius 1 is 1.07 bits per heavy atom. The molecule has 0 aromatic heterocycles. The fourth-order valence-corrected chi connectivity index (χ4v) is 8.49. The molecule has 0 aliphatic carbocycles. The number of sulfone groups is 1. The number of carbonyl (C=O) groups is 1. The summed E-state index contributed by atoms with van der Waals surface area (Å²) in [6.07, 6.45) is -4.32. The van der Waals surface area contributed by atoms with Crippen LogP contribution in [0, 0.1) is 0 Å². The Kier molecular flexibility index (Phi) is 11.9. The van der Waals surface area contributed by atoms with Gasteiger partial charge in [0.05, 0.1) is 4.90 Å². The van der Waals surface area contributed by atoms with Gasteiger partial charge in [0.1, 0.15) is 12.1 Å². The summed E-state index contributed by atoms with van der Waals surface area (Å²) in [7, 11) is -4.08. The quantitative estimate of drug-likeness (QED) is 0.153. The van der Waals surface area contributed by atoms with Crippen LogP contribution >= 0.6 is 11.9 Å². The van der Waals surface area contributed by atoms with Gasteiger partial charge < -0.3 is 9.64 Å². The van der Waals surface area contributed by atoms with Crippen molar-refractivity contribution in [2.75, 3.05) is 26.2 Å². The third-order valence-corrected chi connectivity index (χ3v) is 12.0. The molecule has 0 bridgehead atoms. The monoisotopic (exact) mass is 656 g/mol. The number of rotatable bonds is 12. The lowest BCUT2D eigenvalue weighted by atomic mass is 9.52. The van der Waals surface area contributed by atoms with Gasteiger partial charge in [0.25, 0.3) is 5.91 Å². The van der Waals surface area contributed by atoms with Crippen molar-refractivity contribution < 1.29 is 35.5 Å². The molecule has 1 N–H and O–H groups in total. The molecule has 44 heavy (non-hydrogen) atoms. The second-order valence-corrected chi connectivity index (χ2v) is 15.4. The molecular weight excluding hydrogens is 615 g/mol. The zero-order valence-electron chi connectivity index (χ0n) is 25.2. The van der Waals surface area contributed by atoms with Crippen molar-refractivity contribution in [3.8, 4) is 11.1 Å². The third-order valence-electron chi connectivity index (χ3n) is 8.53. The first kappa shape index (κ1) is 34.8. The lowest BCUT2D eigenvalue weighted by molar-refractivity contribution is -0.181. The van der Waals surface area contributed by atoms with Gasteiger partial charge in [-0.25, -0.2) is 12.8 Å². The smallest absolute Gasteiger partial charge is 0.366 e. The lowest BCUT2D eigenvalue weighted by Gasteiger charge is -2.40. The average molecular weight is 657 g/mol. The number of amides is 1. The Balaban J connectivity index is 1.50. The van der Waals surface area contributed by atoms with Crippen molar-refractivity contribution in [3.63, 3.8) is 0 Å². The molecule has 2 heterocycles. The molecule has 2 aromatic rings. The number of nitrogens with one attached hydrogen (secondary N) is 1. The van der Waals surface area contributed by atoms with Gasteiger partial charge in [-0.15, -0.1) is 0 Å². The SMILES string of the molecule is CB(C)CCN1CCC(C(=O)NSC2CCCCO2)(S(=O)(=O)c2ccc(-c3ccc(CCC(F)C(F)(F)F)cc3)cc2)CC1. The highest BCUT2D eigenvalue weighted by Crippen LogP contribution is 2.38. The molecule has 13 heteroatoms. The van der Waals surface area contributed by atoms with E-state index in [-0.39, 0.29) is 29.6 Å². The van der Waals surface area contributed by atoms with Crippen LogP contribution in [-0.4, -0.2) is 74.7 Å². The number of hydrogen-bond donors (Lipinski definition) is 1. The first-order chi connectivity index (χ1) is 20.8. The minimum atomic E-state index is -4.87. The molecule has 4 rings (SSSR count). The van der Waals surface area contributed by atoms with E-state index in [4.69, 9.17) is 4.74 Å². The van der Waals surface area contributed by atoms with Gasteiger partial charge in [-0.3, -0.25) is 9.52 Å². The largest absolute Gasteiger partial charge is 0.419 e. The van der Waals surface area contributed by atoms with Gasteiger partial charge in [-0.05, 0) is 92.3 Å². The van der Waals surface area contributed by atoms with Crippen LogP contribution in [0.2, 0.25) is 20.0 Å². The second kappa shape index (κ2) is 15.0. The number of piperidine rings is 1. The number of aryl methyl sites for hydroxylation is 1. The van der Waals surface area contributed by atoms with Crippen LogP contribution in [0.1, 0.15) is 44.1 Å². The van der Waals surface area contributed by atoms with Crippen LogP contribution in [0.15, 0.2) is 53.4 Å². The van der Waals surface area contributed by atoms with Crippen molar-refractivity contribution in [2.24, 2.45) is 0 Å². The molecule has 0 spiro atoms. The second-order valence-electron chi connectivity index (χ2n) is 12.1. The van der Waals surface area contributed by atoms with E-state index >= 15 is 0 Å². The van der Waals surface area contributed by atoms with Gasteiger partial charge in [0.2, 0.25) is 0 Å². The molecule has 2 atom stereocenters. The van der Waals surface area contributed by atoms with Gasteiger partial charge in [0, 0.05) is 19.7 Å². The van der Waals surface area contributed by atoms with E-state index in [9.17, 15) is 30.8 Å². The Bertz CT molecular complexity index is 1330. The lowest BCUT2D eigenvalue weighted by Crippen LogP contribution is -2.57. The molecule has 2 aliphatic heterocycles. The Morgan fingerprint density at radius 2 is 1.68 bits per heavy atom. The predicted molar refractivity (Wildman–Crippen MR) is 168 cm³/mol. The number of benzene rings is 2. The number of halogens is 4. The van der Waals surface area contributed by atoms with Gasteiger partial charge in [-0.2, -0.15) is 13.2 Å². The van der Waals surface area contributed by atoms with Crippen molar-refractivity contribution in [1.29, 1.82) is 0 Å². The molecule has 242 valence electrons. The number of alkyl halides is 4. The Hall–Kier alpha value is -2.09. The molecule has 1 amide bonds. The zero-order valence-corrected chi connectivity index (χ0v) is 26.9. The van der Waals surface area contributed by atoms with Crippen molar-refractivity contribution in [1.82, 2.24) is 9.62 Å².